The molecular weight excluding hydrogens is 310 g/mol. The molecule has 2 heterocycles. The highest BCUT2D eigenvalue weighted by Gasteiger charge is 2.29. The summed E-state index contributed by atoms with van der Waals surface area (Å²) in [7, 11) is 0. The largest absolute Gasteiger partial charge is 0.493 e. The first kappa shape index (κ1) is 12.9. The lowest BCUT2D eigenvalue weighted by Gasteiger charge is -2.38. The van der Waals surface area contributed by atoms with E-state index in [1.54, 1.807) is 0 Å². The average Bonchev–Trinajstić information content (AvgIpc) is 2.73. The first-order valence-electron chi connectivity index (χ1n) is 6.50. The molecule has 0 atom stereocenters. The van der Waals surface area contributed by atoms with Crippen LogP contribution in [-0.2, 0) is 17.8 Å². The summed E-state index contributed by atoms with van der Waals surface area (Å²) in [4.78, 5) is 12.9. The molecule has 1 saturated heterocycles. The Hall–Kier alpha value is -1.07. The highest BCUT2D eigenvalue weighted by atomic mass is 79.9. The van der Waals surface area contributed by atoms with Gasteiger partial charge >= 0.3 is 5.97 Å². The second-order valence-corrected chi connectivity index (χ2v) is 6.23. The Bertz CT molecular complexity index is 512. The van der Waals surface area contributed by atoms with Gasteiger partial charge in [-0.3, -0.25) is 9.69 Å². The van der Waals surface area contributed by atoms with Gasteiger partial charge in [-0.1, -0.05) is 15.9 Å². The van der Waals surface area contributed by atoms with E-state index in [1.165, 1.54) is 11.1 Å². The van der Waals surface area contributed by atoms with Crippen molar-refractivity contribution < 1.29 is 14.6 Å². The molecule has 0 aliphatic carbocycles. The van der Waals surface area contributed by atoms with E-state index in [-0.39, 0.29) is 6.42 Å². The Kier molecular flexibility index (Phi) is 3.50. The van der Waals surface area contributed by atoms with Gasteiger partial charge in [0.1, 0.15) is 5.75 Å². The highest BCUT2D eigenvalue weighted by Crippen LogP contribution is 2.35. The Labute approximate surface area is 120 Å². The number of benzene rings is 1. The fourth-order valence-corrected chi connectivity index (χ4v) is 3.44. The number of likely N-dealkylation sites (tertiary alicyclic amines) is 1. The van der Waals surface area contributed by atoms with Crippen LogP contribution in [0.1, 0.15) is 17.5 Å². The number of aliphatic carboxylic acids is 1. The molecule has 0 radical (unpaired) electrons. The number of rotatable bonds is 4. The topological polar surface area (TPSA) is 49.8 Å². The Morgan fingerprint density at radius 3 is 3.00 bits per heavy atom. The second kappa shape index (κ2) is 5.13. The standard InChI is InChI=1S/C14H16BrNO3/c15-12-4-10-1-2-19-14(10)11(5-12)8-16-6-9(7-16)3-13(17)18/h4-5,9H,1-3,6-8H2,(H,17,18). The lowest BCUT2D eigenvalue weighted by molar-refractivity contribution is -0.139. The maximum Gasteiger partial charge on any atom is 0.303 e. The first-order valence-corrected chi connectivity index (χ1v) is 7.29. The lowest BCUT2D eigenvalue weighted by Crippen LogP contribution is -2.46. The number of nitrogens with zero attached hydrogens (tertiary/aromatic N) is 1. The molecule has 1 aromatic carbocycles. The van der Waals surface area contributed by atoms with Gasteiger partial charge in [0.2, 0.25) is 0 Å². The molecule has 5 heteroatoms. The molecule has 1 aromatic rings. The van der Waals surface area contributed by atoms with Crippen LogP contribution in [-0.4, -0.2) is 35.7 Å². The third-order valence-electron chi connectivity index (χ3n) is 3.72. The summed E-state index contributed by atoms with van der Waals surface area (Å²) < 4.78 is 6.80. The summed E-state index contributed by atoms with van der Waals surface area (Å²) in [6, 6.07) is 4.23. The maximum atomic E-state index is 10.6. The van der Waals surface area contributed by atoms with Gasteiger partial charge in [0, 0.05) is 36.1 Å². The van der Waals surface area contributed by atoms with E-state index < -0.39 is 5.97 Å². The first-order chi connectivity index (χ1) is 9.11. The third kappa shape index (κ3) is 2.77. The van der Waals surface area contributed by atoms with Crippen molar-refractivity contribution in [2.24, 2.45) is 5.92 Å². The number of fused-ring (bicyclic) bond motifs is 1. The minimum atomic E-state index is -0.698. The van der Waals surface area contributed by atoms with Crippen LogP contribution < -0.4 is 4.74 Å². The van der Waals surface area contributed by atoms with E-state index in [2.05, 4.69) is 33.0 Å². The van der Waals surface area contributed by atoms with Crippen molar-refractivity contribution in [2.45, 2.75) is 19.4 Å². The van der Waals surface area contributed by atoms with Crippen LogP contribution in [0.25, 0.3) is 0 Å². The van der Waals surface area contributed by atoms with Crippen LogP contribution >= 0.6 is 15.9 Å². The van der Waals surface area contributed by atoms with E-state index in [0.29, 0.717) is 5.92 Å². The maximum absolute atomic E-state index is 10.6. The molecule has 1 N–H and O–H groups in total. The third-order valence-corrected chi connectivity index (χ3v) is 4.17. The van der Waals surface area contributed by atoms with Crippen LogP contribution in [0.3, 0.4) is 0 Å². The number of ether oxygens (including phenoxy) is 1. The minimum Gasteiger partial charge on any atom is -0.493 e. The molecule has 0 amide bonds. The molecule has 1 fully saturated rings. The molecule has 4 nitrogen and oxygen atoms in total. The number of halogens is 1. The molecule has 2 aliphatic rings. The van der Waals surface area contributed by atoms with Crippen molar-refractivity contribution in [3.8, 4) is 5.75 Å². The quantitative estimate of drug-likeness (QED) is 0.922. The van der Waals surface area contributed by atoms with Crippen molar-refractivity contribution in [3.63, 3.8) is 0 Å². The zero-order valence-electron chi connectivity index (χ0n) is 10.6. The molecule has 19 heavy (non-hydrogen) atoms. The number of carboxylic acids is 1. The van der Waals surface area contributed by atoms with Crippen molar-refractivity contribution in [1.82, 2.24) is 4.90 Å². The number of hydrogen-bond donors (Lipinski definition) is 1. The normalized spacial score (nSPS) is 18.8. The SMILES string of the molecule is O=C(O)CC1CN(Cc2cc(Br)cc3c2OCC3)C1. The van der Waals surface area contributed by atoms with Gasteiger partial charge in [-0.25, -0.2) is 0 Å². The van der Waals surface area contributed by atoms with Crippen molar-refractivity contribution >= 4 is 21.9 Å². The van der Waals surface area contributed by atoms with Gasteiger partial charge in [0.25, 0.3) is 0 Å². The summed E-state index contributed by atoms with van der Waals surface area (Å²) in [5.41, 5.74) is 2.47. The van der Waals surface area contributed by atoms with Gasteiger partial charge in [0.05, 0.1) is 13.0 Å². The van der Waals surface area contributed by atoms with E-state index in [4.69, 9.17) is 9.84 Å². The zero-order chi connectivity index (χ0) is 13.4. The number of carboxylic acid groups (broad SMARTS) is 1. The molecule has 3 rings (SSSR count). The smallest absolute Gasteiger partial charge is 0.303 e. The number of carbonyl (C=O) groups is 1. The molecule has 0 bridgehead atoms. The monoisotopic (exact) mass is 325 g/mol. The van der Waals surface area contributed by atoms with Gasteiger partial charge in [-0.05, 0) is 23.6 Å². The Morgan fingerprint density at radius 1 is 1.47 bits per heavy atom. The second-order valence-electron chi connectivity index (χ2n) is 5.31. The molecular formula is C14H16BrNO3. The van der Waals surface area contributed by atoms with Crippen LogP contribution in [0, 0.1) is 5.92 Å². The molecule has 0 aromatic heterocycles. The lowest BCUT2D eigenvalue weighted by atomic mass is 9.95. The van der Waals surface area contributed by atoms with E-state index in [0.717, 1.165) is 42.9 Å². The summed E-state index contributed by atoms with van der Waals surface area (Å²) in [6.07, 6.45) is 1.26. The zero-order valence-corrected chi connectivity index (χ0v) is 12.1. The molecule has 0 spiro atoms. The molecule has 2 aliphatic heterocycles. The van der Waals surface area contributed by atoms with Gasteiger partial charge in [-0.2, -0.15) is 0 Å². The Morgan fingerprint density at radius 2 is 2.26 bits per heavy atom. The van der Waals surface area contributed by atoms with Gasteiger partial charge < -0.3 is 9.84 Å². The molecule has 0 saturated carbocycles. The summed E-state index contributed by atoms with van der Waals surface area (Å²) >= 11 is 3.54. The van der Waals surface area contributed by atoms with Crippen molar-refractivity contribution in [1.29, 1.82) is 0 Å². The van der Waals surface area contributed by atoms with Crippen LogP contribution in [0.15, 0.2) is 16.6 Å². The van der Waals surface area contributed by atoms with E-state index in [1.807, 2.05) is 0 Å². The van der Waals surface area contributed by atoms with Crippen LogP contribution in [0.2, 0.25) is 0 Å². The average molecular weight is 326 g/mol. The molecule has 0 unspecified atom stereocenters. The minimum absolute atomic E-state index is 0.281. The van der Waals surface area contributed by atoms with E-state index >= 15 is 0 Å². The number of hydrogen-bond acceptors (Lipinski definition) is 3. The summed E-state index contributed by atoms with van der Waals surface area (Å²) in [6.45, 7) is 3.35. The summed E-state index contributed by atoms with van der Waals surface area (Å²) in [5, 5.41) is 8.74. The van der Waals surface area contributed by atoms with E-state index in [9.17, 15) is 4.79 Å². The fraction of sp³-hybridized carbons (Fsp3) is 0.500. The fourth-order valence-electron chi connectivity index (χ4n) is 2.89. The van der Waals surface area contributed by atoms with Crippen LogP contribution in [0.4, 0.5) is 0 Å². The van der Waals surface area contributed by atoms with Gasteiger partial charge in [0.15, 0.2) is 0 Å². The molecule has 102 valence electrons. The van der Waals surface area contributed by atoms with Crippen molar-refractivity contribution in [2.75, 3.05) is 19.7 Å². The van der Waals surface area contributed by atoms with Crippen LogP contribution in [0.5, 0.6) is 5.75 Å². The predicted octanol–water partition coefficient (Wildman–Crippen LogP) is 2.29. The Balaban J connectivity index is 1.64. The van der Waals surface area contributed by atoms with Crippen molar-refractivity contribution in [3.05, 3.63) is 27.7 Å². The highest BCUT2D eigenvalue weighted by molar-refractivity contribution is 9.10. The summed E-state index contributed by atoms with van der Waals surface area (Å²) in [5.74, 6) is 0.639. The van der Waals surface area contributed by atoms with Gasteiger partial charge in [-0.15, -0.1) is 0 Å². The predicted molar refractivity (Wildman–Crippen MR) is 74.4 cm³/mol.